The summed E-state index contributed by atoms with van der Waals surface area (Å²) >= 11 is 0. The third-order valence-electron chi connectivity index (χ3n) is 5.44. The number of hydrogen-bond acceptors (Lipinski definition) is 0. The standard InChI is InChI=1S/C23H30Si/c1-3-5-19-6-8-20(9-7-19)21-10-12-22(13-11-21)23-14-17-24(16-4-2)18-15-23/h4,6-13,16,23-24H,3,5,14-15,17-18H2,1-2H3/b16-4-. The van der Waals surface area contributed by atoms with E-state index in [4.69, 9.17) is 0 Å². The van der Waals surface area contributed by atoms with Crippen molar-refractivity contribution in [3.63, 3.8) is 0 Å². The Balaban J connectivity index is 1.65. The predicted molar refractivity (Wildman–Crippen MR) is 109 cm³/mol. The molecule has 0 N–H and O–H groups in total. The molecule has 1 heterocycles. The fraction of sp³-hybridized carbons (Fsp3) is 0.391. The van der Waals surface area contributed by atoms with Crippen LogP contribution in [-0.2, 0) is 6.42 Å². The molecule has 2 aromatic carbocycles. The molecular weight excluding hydrogens is 304 g/mol. The van der Waals surface area contributed by atoms with Crippen LogP contribution in [-0.4, -0.2) is 8.80 Å². The number of aryl methyl sites for hydroxylation is 1. The SMILES string of the molecule is C/C=C\[SiH]1CCC(c2ccc(-c3ccc(CCC)cc3)cc2)CC1. The molecule has 0 radical (unpaired) electrons. The Morgan fingerprint density at radius 3 is 2.04 bits per heavy atom. The molecule has 0 spiro atoms. The van der Waals surface area contributed by atoms with Crippen molar-refractivity contribution in [3.8, 4) is 11.1 Å². The van der Waals surface area contributed by atoms with E-state index in [-0.39, 0.29) is 0 Å². The van der Waals surface area contributed by atoms with Gasteiger partial charge in [-0.2, -0.15) is 0 Å². The Bertz CT molecular complexity index is 643. The van der Waals surface area contributed by atoms with E-state index in [9.17, 15) is 0 Å². The van der Waals surface area contributed by atoms with Gasteiger partial charge in [0.15, 0.2) is 0 Å². The van der Waals surface area contributed by atoms with Gasteiger partial charge in [0.25, 0.3) is 0 Å². The van der Waals surface area contributed by atoms with Crippen LogP contribution in [0.2, 0.25) is 12.1 Å². The van der Waals surface area contributed by atoms with E-state index >= 15 is 0 Å². The smallest absolute Gasteiger partial charge is 0.0611 e. The number of hydrogen-bond donors (Lipinski definition) is 0. The summed E-state index contributed by atoms with van der Waals surface area (Å²) in [6, 6.07) is 21.4. The molecular formula is C23H30Si. The average Bonchev–Trinajstić information content (AvgIpc) is 2.64. The Labute approximate surface area is 149 Å². The van der Waals surface area contributed by atoms with Crippen LogP contribution < -0.4 is 0 Å². The molecule has 0 aliphatic carbocycles. The third-order valence-corrected chi connectivity index (χ3v) is 8.52. The first-order valence-electron chi connectivity index (χ1n) is 9.62. The minimum absolute atomic E-state index is 0.539. The topological polar surface area (TPSA) is 0 Å². The molecule has 0 nitrogen and oxygen atoms in total. The van der Waals surface area contributed by atoms with Crippen molar-refractivity contribution in [2.75, 3.05) is 0 Å². The molecule has 1 saturated heterocycles. The van der Waals surface area contributed by atoms with Gasteiger partial charge in [-0.1, -0.05) is 80.0 Å². The molecule has 0 atom stereocenters. The first-order chi connectivity index (χ1) is 11.8. The number of rotatable bonds is 5. The highest BCUT2D eigenvalue weighted by molar-refractivity contribution is 6.64. The maximum absolute atomic E-state index is 2.53. The highest BCUT2D eigenvalue weighted by atomic mass is 28.3. The highest BCUT2D eigenvalue weighted by Gasteiger charge is 2.21. The van der Waals surface area contributed by atoms with Gasteiger partial charge in [0.05, 0.1) is 8.80 Å². The van der Waals surface area contributed by atoms with Crippen molar-refractivity contribution < 1.29 is 0 Å². The highest BCUT2D eigenvalue weighted by Crippen LogP contribution is 2.34. The predicted octanol–water partition coefficient (Wildman–Crippen LogP) is 6.53. The van der Waals surface area contributed by atoms with E-state index in [1.165, 1.54) is 54.5 Å². The average molecular weight is 335 g/mol. The Hall–Kier alpha value is -1.60. The summed E-state index contributed by atoms with van der Waals surface area (Å²) in [6.45, 7) is 4.41. The van der Waals surface area contributed by atoms with E-state index in [1.54, 1.807) is 5.56 Å². The zero-order valence-electron chi connectivity index (χ0n) is 15.2. The molecule has 0 bridgehead atoms. The van der Waals surface area contributed by atoms with Gasteiger partial charge in [0, 0.05) is 0 Å². The second-order valence-corrected chi connectivity index (χ2v) is 10.3. The second kappa shape index (κ2) is 8.48. The molecule has 0 aromatic heterocycles. The normalized spacial score (nSPS) is 21.2. The van der Waals surface area contributed by atoms with Gasteiger partial charge in [-0.3, -0.25) is 0 Å². The van der Waals surface area contributed by atoms with E-state index in [0.717, 1.165) is 5.92 Å². The lowest BCUT2D eigenvalue weighted by molar-refractivity contribution is 0.611. The van der Waals surface area contributed by atoms with Crippen molar-refractivity contribution >= 4 is 8.80 Å². The molecule has 0 saturated carbocycles. The Kier molecular flexibility index (Phi) is 6.09. The summed E-state index contributed by atoms with van der Waals surface area (Å²) in [6.07, 6.45) is 7.46. The summed E-state index contributed by atoms with van der Waals surface area (Å²) in [4.78, 5) is 0. The van der Waals surface area contributed by atoms with Crippen LogP contribution in [0.15, 0.2) is 60.3 Å². The minimum Gasteiger partial charge on any atom is -0.102 e. The van der Waals surface area contributed by atoms with Crippen LogP contribution in [0.5, 0.6) is 0 Å². The summed E-state index contributed by atoms with van der Waals surface area (Å²) in [5.74, 6) is 0.792. The molecule has 126 valence electrons. The second-order valence-electron chi connectivity index (χ2n) is 7.21. The van der Waals surface area contributed by atoms with Crippen LogP contribution >= 0.6 is 0 Å². The summed E-state index contributed by atoms with van der Waals surface area (Å²) < 4.78 is 0. The zero-order valence-corrected chi connectivity index (χ0v) is 16.3. The van der Waals surface area contributed by atoms with Crippen LogP contribution in [0.25, 0.3) is 11.1 Å². The first-order valence-corrected chi connectivity index (χ1v) is 11.9. The molecule has 1 heteroatoms. The lowest BCUT2D eigenvalue weighted by atomic mass is 9.91. The van der Waals surface area contributed by atoms with Crippen molar-refractivity contribution in [1.29, 1.82) is 0 Å². The van der Waals surface area contributed by atoms with Crippen LogP contribution in [0.3, 0.4) is 0 Å². The van der Waals surface area contributed by atoms with Crippen LogP contribution in [0.1, 0.15) is 50.2 Å². The molecule has 2 aromatic rings. The van der Waals surface area contributed by atoms with Crippen LogP contribution in [0.4, 0.5) is 0 Å². The minimum atomic E-state index is -0.539. The fourth-order valence-corrected chi connectivity index (χ4v) is 6.90. The van der Waals surface area contributed by atoms with Gasteiger partial charge >= 0.3 is 0 Å². The van der Waals surface area contributed by atoms with Crippen molar-refractivity contribution in [1.82, 2.24) is 0 Å². The van der Waals surface area contributed by atoms with Crippen molar-refractivity contribution in [2.24, 2.45) is 0 Å². The lowest BCUT2D eigenvalue weighted by Gasteiger charge is -2.26. The maximum Gasteiger partial charge on any atom is 0.0611 e. The monoisotopic (exact) mass is 334 g/mol. The quantitative estimate of drug-likeness (QED) is 0.546. The number of allylic oxidation sites excluding steroid dienone is 1. The fourth-order valence-electron chi connectivity index (χ4n) is 4.02. The molecule has 1 fully saturated rings. The van der Waals surface area contributed by atoms with Gasteiger partial charge in [-0.25, -0.2) is 0 Å². The largest absolute Gasteiger partial charge is 0.102 e. The maximum atomic E-state index is 2.53. The van der Waals surface area contributed by atoms with Gasteiger partial charge in [0.2, 0.25) is 0 Å². The van der Waals surface area contributed by atoms with E-state index in [2.05, 4.69) is 74.2 Å². The molecule has 0 amide bonds. The summed E-state index contributed by atoms with van der Waals surface area (Å²) in [5, 5.41) is 0. The third kappa shape index (κ3) is 4.27. The number of benzene rings is 2. The summed E-state index contributed by atoms with van der Waals surface area (Å²) in [7, 11) is -0.539. The summed E-state index contributed by atoms with van der Waals surface area (Å²) in [5.41, 5.74) is 8.21. The Morgan fingerprint density at radius 1 is 0.917 bits per heavy atom. The molecule has 3 rings (SSSR count). The Morgan fingerprint density at radius 2 is 1.50 bits per heavy atom. The van der Waals surface area contributed by atoms with Gasteiger partial charge in [-0.15, -0.1) is 5.70 Å². The molecule has 1 aliphatic rings. The molecule has 0 unspecified atom stereocenters. The van der Waals surface area contributed by atoms with Crippen LogP contribution in [0, 0.1) is 0 Å². The van der Waals surface area contributed by atoms with Crippen molar-refractivity contribution in [3.05, 3.63) is 71.4 Å². The zero-order chi connectivity index (χ0) is 16.8. The van der Waals surface area contributed by atoms with Gasteiger partial charge < -0.3 is 0 Å². The van der Waals surface area contributed by atoms with Gasteiger partial charge in [0.1, 0.15) is 0 Å². The molecule has 24 heavy (non-hydrogen) atoms. The lowest BCUT2D eigenvalue weighted by Crippen LogP contribution is -2.18. The van der Waals surface area contributed by atoms with E-state index < -0.39 is 8.80 Å². The van der Waals surface area contributed by atoms with E-state index in [0.29, 0.717) is 0 Å². The van der Waals surface area contributed by atoms with E-state index in [1.807, 2.05) is 0 Å². The van der Waals surface area contributed by atoms with Gasteiger partial charge in [-0.05, 0) is 54.4 Å². The van der Waals surface area contributed by atoms with Crippen molar-refractivity contribution in [2.45, 2.75) is 57.5 Å². The first kappa shape index (κ1) is 17.2. The molecule has 1 aliphatic heterocycles.